The van der Waals surface area contributed by atoms with Gasteiger partial charge in [-0.3, -0.25) is 4.79 Å². The van der Waals surface area contributed by atoms with Gasteiger partial charge in [0.15, 0.2) is 5.71 Å². The van der Waals surface area contributed by atoms with Gasteiger partial charge in [-0.25, -0.2) is 9.59 Å². The van der Waals surface area contributed by atoms with Gasteiger partial charge in [0.05, 0.1) is 0 Å². The molecule has 3 amide bonds. The predicted molar refractivity (Wildman–Crippen MR) is 106 cm³/mol. The molecule has 1 atom stereocenters. The number of urea groups is 1. The molecule has 2 aliphatic heterocycles. The van der Waals surface area contributed by atoms with Gasteiger partial charge in [0.25, 0.3) is 5.91 Å². The van der Waals surface area contributed by atoms with Crippen molar-refractivity contribution in [2.45, 2.75) is 77.0 Å². The van der Waals surface area contributed by atoms with E-state index in [0.717, 1.165) is 12.8 Å². The molecule has 0 spiro atoms. The van der Waals surface area contributed by atoms with E-state index in [4.69, 9.17) is 9.57 Å². The van der Waals surface area contributed by atoms with Gasteiger partial charge in [0, 0.05) is 38.6 Å². The molecule has 2 heterocycles. The largest absolute Gasteiger partial charge is 0.455 e. The first-order valence-corrected chi connectivity index (χ1v) is 10.5. The van der Waals surface area contributed by atoms with Crippen LogP contribution in [0.1, 0.15) is 59.3 Å². The molecule has 9 nitrogen and oxygen atoms in total. The molecule has 29 heavy (non-hydrogen) atoms. The molecular weight excluding hydrogens is 376 g/mol. The number of ether oxygens (including phenoxy) is 1. The average molecular weight is 408 g/mol. The lowest BCUT2D eigenvalue weighted by atomic mass is 9.96. The van der Waals surface area contributed by atoms with Crippen LogP contribution in [0.3, 0.4) is 0 Å². The molecule has 2 fully saturated rings. The van der Waals surface area contributed by atoms with Crippen molar-refractivity contribution in [2.75, 3.05) is 26.2 Å². The van der Waals surface area contributed by atoms with Crippen LogP contribution in [0.4, 0.5) is 4.79 Å². The zero-order valence-corrected chi connectivity index (χ0v) is 17.6. The molecular formula is C20H32N4O5. The van der Waals surface area contributed by atoms with Crippen LogP contribution in [0.5, 0.6) is 0 Å². The molecule has 1 aliphatic carbocycles. The lowest BCUT2D eigenvalue weighted by Crippen LogP contribution is -2.56. The quantitative estimate of drug-likeness (QED) is 0.716. The van der Waals surface area contributed by atoms with E-state index in [0.29, 0.717) is 26.2 Å². The van der Waals surface area contributed by atoms with Crippen LogP contribution in [0.15, 0.2) is 5.16 Å². The molecule has 1 saturated carbocycles. The van der Waals surface area contributed by atoms with Crippen molar-refractivity contribution in [1.82, 2.24) is 15.1 Å². The standard InChI is InChI=1S/C20H32N4O5/c1-20(2,3)28-18(26)15-13-16(29-22-15)17(25)23-9-11-24(12-10-23)19(27)21-14-7-5-4-6-8-14/h14,16H,4-13H2,1-3H3,(H,21,27). The van der Waals surface area contributed by atoms with E-state index in [2.05, 4.69) is 10.5 Å². The van der Waals surface area contributed by atoms with Gasteiger partial charge in [0.2, 0.25) is 6.10 Å². The minimum Gasteiger partial charge on any atom is -0.455 e. The van der Waals surface area contributed by atoms with Crippen molar-refractivity contribution in [3.63, 3.8) is 0 Å². The minimum absolute atomic E-state index is 0.0448. The lowest BCUT2D eigenvalue weighted by molar-refractivity contribution is -0.146. The molecule has 0 radical (unpaired) electrons. The summed E-state index contributed by atoms with van der Waals surface area (Å²) < 4.78 is 5.27. The summed E-state index contributed by atoms with van der Waals surface area (Å²) in [7, 11) is 0. The van der Waals surface area contributed by atoms with Crippen LogP contribution >= 0.6 is 0 Å². The fourth-order valence-electron chi connectivity index (χ4n) is 3.81. The zero-order chi connectivity index (χ0) is 21.0. The molecule has 0 aromatic rings. The number of hydrogen-bond donors (Lipinski definition) is 1. The summed E-state index contributed by atoms with van der Waals surface area (Å²) in [6.07, 6.45) is 4.97. The topological polar surface area (TPSA) is 101 Å². The Labute approximate surface area is 171 Å². The van der Waals surface area contributed by atoms with Crippen molar-refractivity contribution in [3.8, 4) is 0 Å². The highest BCUT2D eigenvalue weighted by Gasteiger charge is 2.37. The van der Waals surface area contributed by atoms with E-state index < -0.39 is 17.7 Å². The van der Waals surface area contributed by atoms with E-state index in [1.807, 2.05) is 0 Å². The van der Waals surface area contributed by atoms with Crippen molar-refractivity contribution in [2.24, 2.45) is 5.16 Å². The van der Waals surface area contributed by atoms with Crippen LogP contribution in [-0.4, -0.2) is 77.3 Å². The second kappa shape index (κ2) is 9.00. The molecule has 1 N–H and O–H groups in total. The Balaban J connectivity index is 1.42. The molecule has 0 aromatic carbocycles. The Hall–Kier alpha value is -2.32. The summed E-state index contributed by atoms with van der Waals surface area (Å²) in [6, 6.07) is 0.225. The summed E-state index contributed by atoms with van der Waals surface area (Å²) in [5, 5.41) is 6.86. The number of amides is 3. The van der Waals surface area contributed by atoms with E-state index in [1.54, 1.807) is 30.6 Å². The van der Waals surface area contributed by atoms with Gasteiger partial charge in [-0.15, -0.1) is 0 Å². The van der Waals surface area contributed by atoms with Gasteiger partial charge < -0.3 is 24.7 Å². The Kier molecular flexibility index (Phi) is 6.64. The average Bonchev–Trinajstić information content (AvgIpc) is 3.17. The number of nitrogens with zero attached hydrogens (tertiary/aromatic N) is 3. The number of oxime groups is 1. The monoisotopic (exact) mass is 408 g/mol. The summed E-state index contributed by atoms with van der Waals surface area (Å²) in [5.74, 6) is -0.767. The number of esters is 1. The highest BCUT2D eigenvalue weighted by molar-refractivity contribution is 6.37. The van der Waals surface area contributed by atoms with Crippen LogP contribution in [0.25, 0.3) is 0 Å². The number of nitrogens with one attached hydrogen (secondary N) is 1. The highest BCUT2D eigenvalue weighted by atomic mass is 16.7. The molecule has 0 bridgehead atoms. The maximum atomic E-state index is 12.7. The van der Waals surface area contributed by atoms with Crippen molar-refractivity contribution in [3.05, 3.63) is 0 Å². The Bertz CT molecular complexity index is 658. The molecule has 0 aromatic heterocycles. The normalized spacial score (nSPS) is 23.3. The molecule has 162 valence electrons. The van der Waals surface area contributed by atoms with Crippen LogP contribution in [0, 0.1) is 0 Å². The van der Waals surface area contributed by atoms with Crippen LogP contribution < -0.4 is 5.32 Å². The first kappa shape index (κ1) is 21.4. The maximum Gasteiger partial charge on any atom is 0.356 e. The second-order valence-electron chi connectivity index (χ2n) is 8.93. The second-order valence-corrected chi connectivity index (χ2v) is 8.93. The van der Waals surface area contributed by atoms with Gasteiger partial charge >= 0.3 is 12.0 Å². The number of carbonyl (C=O) groups excluding carboxylic acids is 3. The summed E-state index contributed by atoms with van der Waals surface area (Å²) in [4.78, 5) is 45.9. The van der Waals surface area contributed by atoms with Crippen molar-refractivity contribution in [1.29, 1.82) is 0 Å². The number of piperazine rings is 1. The van der Waals surface area contributed by atoms with Crippen LogP contribution in [0.2, 0.25) is 0 Å². The minimum atomic E-state index is -0.805. The Morgan fingerprint density at radius 3 is 2.28 bits per heavy atom. The summed E-state index contributed by atoms with van der Waals surface area (Å²) in [5.41, 5.74) is -0.500. The van der Waals surface area contributed by atoms with Gasteiger partial charge in [-0.2, -0.15) is 0 Å². The number of hydrogen-bond acceptors (Lipinski definition) is 6. The Morgan fingerprint density at radius 1 is 1.03 bits per heavy atom. The first-order chi connectivity index (χ1) is 13.7. The van der Waals surface area contributed by atoms with Crippen LogP contribution in [-0.2, 0) is 19.2 Å². The van der Waals surface area contributed by atoms with Crippen molar-refractivity contribution < 1.29 is 24.0 Å². The third kappa shape index (κ3) is 5.83. The fourth-order valence-corrected chi connectivity index (χ4v) is 3.81. The zero-order valence-electron chi connectivity index (χ0n) is 17.6. The van der Waals surface area contributed by atoms with Gasteiger partial charge in [-0.05, 0) is 33.6 Å². The molecule has 3 rings (SSSR count). The number of rotatable bonds is 3. The van der Waals surface area contributed by atoms with Gasteiger partial charge in [0.1, 0.15) is 5.60 Å². The predicted octanol–water partition coefficient (Wildman–Crippen LogP) is 1.66. The molecule has 9 heteroatoms. The third-order valence-corrected chi connectivity index (χ3v) is 5.39. The van der Waals surface area contributed by atoms with E-state index in [-0.39, 0.29) is 30.1 Å². The smallest absolute Gasteiger partial charge is 0.356 e. The SMILES string of the molecule is CC(C)(C)OC(=O)C1=NOC(C(=O)N2CCN(C(=O)NC3CCCCC3)CC2)C1. The van der Waals surface area contributed by atoms with Gasteiger partial charge in [-0.1, -0.05) is 24.4 Å². The fraction of sp³-hybridized carbons (Fsp3) is 0.800. The highest BCUT2D eigenvalue weighted by Crippen LogP contribution is 2.19. The molecule has 3 aliphatic rings. The first-order valence-electron chi connectivity index (χ1n) is 10.5. The van der Waals surface area contributed by atoms with Crippen molar-refractivity contribution >= 4 is 23.6 Å². The van der Waals surface area contributed by atoms with E-state index in [9.17, 15) is 14.4 Å². The maximum absolute atomic E-state index is 12.7. The lowest BCUT2D eigenvalue weighted by Gasteiger charge is -2.36. The summed E-state index contributed by atoms with van der Waals surface area (Å²) in [6.45, 7) is 7.17. The molecule has 1 unspecified atom stereocenters. The van der Waals surface area contributed by atoms with E-state index >= 15 is 0 Å². The molecule has 1 saturated heterocycles. The third-order valence-electron chi connectivity index (χ3n) is 5.39. The number of carbonyl (C=O) groups is 3. The van der Waals surface area contributed by atoms with E-state index in [1.165, 1.54) is 19.3 Å². The Morgan fingerprint density at radius 2 is 1.66 bits per heavy atom. The summed E-state index contributed by atoms with van der Waals surface area (Å²) >= 11 is 0.